The van der Waals surface area contributed by atoms with Crippen LogP contribution < -0.4 is 5.32 Å². The number of nitrogens with one attached hydrogen (secondary N) is 1. The average Bonchev–Trinajstić information content (AvgIpc) is 2.79. The molecule has 4 nitrogen and oxygen atoms in total. The second-order valence-corrected chi connectivity index (χ2v) is 5.17. The third-order valence-electron chi connectivity index (χ3n) is 3.60. The first-order chi connectivity index (χ1) is 8.19. The normalized spacial score (nSPS) is 21.1. The van der Waals surface area contributed by atoms with E-state index in [1.165, 1.54) is 19.5 Å². The second-order valence-electron chi connectivity index (χ2n) is 5.17. The molecule has 2 heterocycles. The van der Waals surface area contributed by atoms with Crippen LogP contribution in [-0.2, 0) is 6.54 Å². The molecule has 0 radical (unpaired) electrons. The molecule has 0 amide bonds. The van der Waals surface area contributed by atoms with Crippen molar-refractivity contribution < 1.29 is 0 Å². The molecule has 4 heteroatoms. The van der Waals surface area contributed by atoms with Gasteiger partial charge in [0.1, 0.15) is 5.82 Å². The summed E-state index contributed by atoms with van der Waals surface area (Å²) in [6.45, 7) is 7.96. The lowest BCUT2D eigenvalue weighted by Crippen LogP contribution is -2.22. The van der Waals surface area contributed by atoms with Gasteiger partial charge in [0.05, 0.1) is 18.1 Å². The van der Waals surface area contributed by atoms with Crippen molar-refractivity contribution in [2.75, 3.05) is 25.5 Å². The summed E-state index contributed by atoms with van der Waals surface area (Å²) in [5.41, 5.74) is 1.06. The minimum absolute atomic E-state index is 0.790. The van der Waals surface area contributed by atoms with E-state index >= 15 is 0 Å². The van der Waals surface area contributed by atoms with E-state index in [-0.39, 0.29) is 0 Å². The zero-order valence-corrected chi connectivity index (χ0v) is 11.0. The monoisotopic (exact) mass is 234 g/mol. The number of aromatic nitrogens is 2. The number of likely N-dealkylation sites (tertiary alicyclic amines) is 1. The maximum Gasteiger partial charge on any atom is 0.144 e. The minimum Gasteiger partial charge on any atom is -0.372 e. The summed E-state index contributed by atoms with van der Waals surface area (Å²) in [6, 6.07) is 0. The molecule has 1 aliphatic rings. The van der Waals surface area contributed by atoms with Crippen LogP contribution in [0.15, 0.2) is 12.4 Å². The highest BCUT2D eigenvalue weighted by Crippen LogP contribution is 2.24. The summed E-state index contributed by atoms with van der Waals surface area (Å²) in [7, 11) is 1.86. The largest absolute Gasteiger partial charge is 0.372 e. The average molecular weight is 234 g/mol. The first-order valence-electron chi connectivity index (χ1n) is 6.40. The van der Waals surface area contributed by atoms with Gasteiger partial charge in [-0.2, -0.15) is 0 Å². The third kappa shape index (κ3) is 3.16. The van der Waals surface area contributed by atoms with Crippen LogP contribution in [0.4, 0.5) is 5.82 Å². The van der Waals surface area contributed by atoms with Crippen molar-refractivity contribution >= 4 is 5.82 Å². The van der Waals surface area contributed by atoms with Gasteiger partial charge in [-0.15, -0.1) is 0 Å². The molecular formula is C13H22N4. The fourth-order valence-electron chi connectivity index (χ4n) is 2.34. The summed E-state index contributed by atoms with van der Waals surface area (Å²) >= 11 is 0. The van der Waals surface area contributed by atoms with Crippen LogP contribution >= 0.6 is 0 Å². The highest BCUT2D eigenvalue weighted by molar-refractivity contribution is 5.29. The molecule has 1 aliphatic heterocycles. The predicted octanol–water partition coefficient (Wildman–Crippen LogP) is 2.00. The van der Waals surface area contributed by atoms with E-state index in [1.807, 2.05) is 13.2 Å². The van der Waals surface area contributed by atoms with E-state index in [2.05, 4.69) is 34.0 Å². The quantitative estimate of drug-likeness (QED) is 0.865. The molecule has 1 saturated heterocycles. The number of anilines is 1. The predicted molar refractivity (Wildman–Crippen MR) is 69.8 cm³/mol. The molecule has 1 unspecified atom stereocenters. The number of rotatable bonds is 4. The number of nitrogens with zero attached hydrogens (tertiary/aromatic N) is 3. The molecule has 0 spiro atoms. The summed E-state index contributed by atoms with van der Waals surface area (Å²) in [5, 5.41) is 2.98. The molecule has 0 saturated carbocycles. The van der Waals surface area contributed by atoms with Crippen molar-refractivity contribution in [3.05, 3.63) is 18.1 Å². The standard InChI is InChI=1S/C13H22N4/c1-10(2)11-4-5-17(8-11)9-12-6-16-13(14-3)7-15-12/h6-7,10-11H,4-5,8-9H2,1-3H3,(H,14,16). The number of hydrogen-bond acceptors (Lipinski definition) is 4. The zero-order chi connectivity index (χ0) is 12.3. The molecule has 1 N–H and O–H groups in total. The molecule has 2 rings (SSSR count). The van der Waals surface area contributed by atoms with Crippen molar-refractivity contribution in [2.45, 2.75) is 26.8 Å². The van der Waals surface area contributed by atoms with Gasteiger partial charge in [-0.25, -0.2) is 4.98 Å². The third-order valence-corrected chi connectivity index (χ3v) is 3.60. The first kappa shape index (κ1) is 12.3. The molecule has 0 bridgehead atoms. The van der Waals surface area contributed by atoms with Gasteiger partial charge in [0.2, 0.25) is 0 Å². The van der Waals surface area contributed by atoms with Crippen LogP contribution in [0.5, 0.6) is 0 Å². The zero-order valence-electron chi connectivity index (χ0n) is 11.0. The second kappa shape index (κ2) is 5.45. The topological polar surface area (TPSA) is 41.1 Å². The first-order valence-corrected chi connectivity index (χ1v) is 6.40. The molecule has 1 aromatic rings. The molecule has 94 valence electrons. The van der Waals surface area contributed by atoms with Crippen molar-refractivity contribution in [3.8, 4) is 0 Å². The Morgan fingerprint density at radius 1 is 1.41 bits per heavy atom. The summed E-state index contributed by atoms with van der Waals surface area (Å²) in [4.78, 5) is 11.2. The van der Waals surface area contributed by atoms with Crippen LogP contribution in [0.3, 0.4) is 0 Å². The molecular weight excluding hydrogens is 212 g/mol. The lowest BCUT2D eigenvalue weighted by molar-refractivity contribution is 0.293. The van der Waals surface area contributed by atoms with Gasteiger partial charge in [-0.05, 0) is 24.8 Å². The molecule has 1 fully saturated rings. The van der Waals surface area contributed by atoms with Crippen molar-refractivity contribution in [1.29, 1.82) is 0 Å². The fraction of sp³-hybridized carbons (Fsp3) is 0.692. The van der Waals surface area contributed by atoms with E-state index in [9.17, 15) is 0 Å². The van der Waals surface area contributed by atoms with Crippen LogP contribution in [0.2, 0.25) is 0 Å². The summed E-state index contributed by atoms with van der Waals surface area (Å²) in [6.07, 6.45) is 4.99. The van der Waals surface area contributed by atoms with E-state index in [1.54, 1.807) is 6.20 Å². The molecule has 0 aromatic carbocycles. The Hall–Kier alpha value is -1.16. The summed E-state index contributed by atoms with van der Waals surface area (Å²) < 4.78 is 0. The summed E-state index contributed by atoms with van der Waals surface area (Å²) in [5.74, 6) is 2.47. The molecule has 1 aromatic heterocycles. The van der Waals surface area contributed by atoms with Crippen molar-refractivity contribution in [3.63, 3.8) is 0 Å². The highest BCUT2D eigenvalue weighted by Gasteiger charge is 2.24. The van der Waals surface area contributed by atoms with Gasteiger partial charge in [-0.3, -0.25) is 9.88 Å². The molecule has 1 atom stereocenters. The Balaban J connectivity index is 1.89. The maximum atomic E-state index is 4.42. The van der Waals surface area contributed by atoms with E-state index < -0.39 is 0 Å². The SMILES string of the molecule is CNc1cnc(CN2CCC(C(C)C)C2)cn1. The molecule has 0 aliphatic carbocycles. The lowest BCUT2D eigenvalue weighted by atomic mass is 9.95. The van der Waals surface area contributed by atoms with Crippen LogP contribution in [0, 0.1) is 11.8 Å². The minimum atomic E-state index is 0.790. The highest BCUT2D eigenvalue weighted by atomic mass is 15.2. The van der Waals surface area contributed by atoms with Gasteiger partial charge >= 0.3 is 0 Å². The smallest absolute Gasteiger partial charge is 0.144 e. The van der Waals surface area contributed by atoms with E-state index in [0.29, 0.717) is 0 Å². The van der Waals surface area contributed by atoms with Crippen molar-refractivity contribution in [1.82, 2.24) is 14.9 Å². The van der Waals surface area contributed by atoms with Gasteiger partial charge in [-0.1, -0.05) is 13.8 Å². The van der Waals surface area contributed by atoms with E-state index in [4.69, 9.17) is 0 Å². The number of hydrogen-bond donors (Lipinski definition) is 1. The fourth-order valence-corrected chi connectivity index (χ4v) is 2.34. The lowest BCUT2D eigenvalue weighted by Gasteiger charge is -2.17. The van der Waals surface area contributed by atoms with E-state index in [0.717, 1.165) is 29.9 Å². The van der Waals surface area contributed by atoms with Crippen LogP contribution in [-0.4, -0.2) is 35.0 Å². The van der Waals surface area contributed by atoms with Crippen LogP contribution in [0.25, 0.3) is 0 Å². The van der Waals surface area contributed by atoms with Gasteiger partial charge < -0.3 is 5.32 Å². The van der Waals surface area contributed by atoms with Gasteiger partial charge in [0, 0.05) is 20.1 Å². The Morgan fingerprint density at radius 3 is 2.76 bits per heavy atom. The maximum absolute atomic E-state index is 4.42. The Morgan fingerprint density at radius 2 is 2.24 bits per heavy atom. The molecule has 17 heavy (non-hydrogen) atoms. The van der Waals surface area contributed by atoms with Crippen LogP contribution in [0.1, 0.15) is 26.0 Å². The van der Waals surface area contributed by atoms with Gasteiger partial charge in [0.15, 0.2) is 0 Å². The Labute approximate surface area is 103 Å². The van der Waals surface area contributed by atoms with Gasteiger partial charge in [0.25, 0.3) is 0 Å². The Bertz CT molecular complexity index is 347. The van der Waals surface area contributed by atoms with Crippen molar-refractivity contribution in [2.24, 2.45) is 11.8 Å². The Kier molecular flexibility index (Phi) is 3.94.